The van der Waals surface area contributed by atoms with Crippen LogP contribution in [0, 0.1) is 12.3 Å². The largest absolute Gasteiger partial charge is 0.490 e. The monoisotopic (exact) mass is 758 g/mol. The molecule has 1 aliphatic heterocycles. The van der Waals surface area contributed by atoms with Crippen molar-refractivity contribution < 1.29 is 59.3 Å². The van der Waals surface area contributed by atoms with Crippen LogP contribution < -0.4 is 11.1 Å². The summed E-state index contributed by atoms with van der Waals surface area (Å²) in [6.07, 6.45) is -8.33. The number of carboxylic acids is 2. The molecule has 4 rings (SSSR count). The molecule has 49 heavy (non-hydrogen) atoms. The number of aryl methyl sites for hydroxylation is 1. The number of hydrogen-bond acceptors (Lipinski definition) is 10. The normalized spacial score (nSPS) is 13.7. The van der Waals surface area contributed by atoms with E-state index in [1.165, 1.54) is 29.2 Å². The smallest absolute Gasteiger partial charge is 0.475 e. The Morgan fingerprint density at radius 3 is 2.04 bits per heavy atom. The number of nitrogens with one attached hydrogen (secondary N) is 2. The lowest BCUT2D eigenvalue weighted by Gasteiger charge is -2.26. The third kappa shape index (κ3) is 12.2. The molecule has 1 saturated heterocycles. The third-order valence-electron chi connectivity index (χ3n) is 6.47. The minimum atomic E-state index is -5.08. The number of nitrogens with two attached hydrogens (primary N) is 1. The van der Waals surface area contributed by atoms with Crippen molar-refractivity contribution in [3.8, 4) is 11.1 Å². The Bertz CT molecular complexity index is 1700. The molecule has 0 atom stereocenters. The highest BCUT2D eigenvalue weighted by atomic mass is 32.2. The van der Waals surface area contributed by atoms with E-state index in [0.29, 0.717) is 21.3 Å². The summed E-state index contributed by atoms with van der Waals surface area (Å²) in [5.74, 6) is -5.65. The first kappa shape index (κ1) is 41.3. The number of ether oxygens (including phenoxy) is 1. The van der Waals surface area contributed by atoms with E-state index in [2.05, 4.69) is 10.2 Å². The minimum Gasteiger partial charge on any atom is -0.475 e. The van der Waals surface area contributed by atoms with Crippen LogP contribution in [0.25, 0.3) is 11.1 Å². The molecule has 1 aliphatic rings. The second-order valence-electron chi connectivity index (χ2n) is 9.90. The minimum absolute atomic E-state index is 0.135. The number of carbonyl (C=O) groups is 2. The number of morpholine rings is 1. The Hall–Kier alpha value is -3.85. The van der Waals surface area contributed by atoms with E-state index in [-0.39, 0.29) is 15.6 Å². The zero-order chi connectivity index (χ0) is 37.2. The lowest BCUT2D eigenvalue weighted by atomic mass is 10.0. The van der Waals surface area contributed by atoms with Crippen molar-refractivity contribution in [2.24, 2.45) is 5.73 Å². The summed E-state index contributed by atoms with van der Waals surface area (Å²) in [7, 11) is -3.88. The van der Waals surface area contributed by atoms with Gasteiger partial charge in [-0.25, -0.2) is 18.0 Å². The van der Waals surface area contributed by atoms with E-state index in [1.54, 1.807) is 6.07 Å². The van der Waals surface area contributed by atoms with Gasteiger partial charge in [0.15, 0.2) is 0 Å². The van der Waals surface area contributed by atoms with Crippen LogP contribution in [0.5, 0.6) is 0 Å². The molecule has 2 heterocycles. The molecule has 20 heteroatoms. The highest BCUT2D eigenvalue weighted by molar-refractivity contribution is 8.01. The number of thiophene rings is 1. The summed E-state index contributed by atoms with van der Waals surface area (Å²) < 4.78 is 97.5. The first-order valence-corrected chi connectivity index (χ1v) is 17.3. The van der Waals surface area contributed by atoms with E-state index >= 15 is 0 Å². The summed E-state index contributed by atoms with van der Waals surface area (Å²) in [5.41, 5.74) is 9.15. The molecule has 1 fully saturated rings. The maximum atomic E-state index is 14.0. The lowest BCUT2D eigenvalue weighted by Crippen LogP contribution is -2.39. The summed E-state index contributed by atoms with van der Waals surface area (Å²) in [4.78, 5) is 21.0. The Morgan fingerprint density at radius 1 is 1.00 bits per heavy atom. The molecule has 0 bridgehead atoms. The Kier molecular flexibility index (Phi) is 14.9. The number of anilines is 1. The van der Waals surface area contributed by atoms with Gasteiger partial charge in [0.2, 0.25) is 9.84 Å². The van der Waals surface area contributed by atoms with Crippen molar-refractivity contribution in [1.29, 1.82) is 5.41 Å². The maximum absolute atomic E-state index is 14.0. The molecule has 0 radical (unpaired) electrons. The molecule has 0 unspecified atom stereocenters. The zero-order valence-electron chi connectivity index (χ0n) is 25.8. The van der Waals surface area contributed by atoms with Gasteiger partial charge in [0.1, 0.15) is 5.84 Å². The van der Waals surface area contributed by atoms with Gasteiger partial charge in [-0.2, -0.15) is 26.3 Å². The van der Waals surface area contributed by atoms with Crippen molar-refractivity contribution in [2.45, 2.75) is 33.3 Å². The van der Waals surface area contributed by atoms with Gasteiger partial charge in [0, 0.05) is 26.2 Å². The number of halogens is 6. The molecular weight excluding hydrogens is 727 g/mol. The molecule has 2 aromatic carbocycles. The van der Waals surface area contributed by atoms with Gasteiger partial charge < -0.3 is 26.0 Å². The Labute approximate surface area is 285 Å². The summed E-state index contributed by atoms with van der Waals surface area (Å²) in [5, 5.41) is 25.4. The number of nitrogens with zero attached hydrogens (tertiary/aromatic N) is 1. The van der Waals surface area contributed by atoms with Gasteiger partial charge in [-0.15, -0.1) is 23.1 Å². The number of carboxylic acid groups (broad SMARTS) is 2. The fourth-order valence-corrected chi connectivity index (χ4v) is 8.12. The standard InChI is InChI=1S/C25H30N4O3S3.2C2HF3O2/c1-17-5-3-4-6-19(17)18-7-8-20(28-9-10-29-11-13-32-14-12-29)22(15-18)35(30,31)23-16-21(24(26)27)34-25(23)33-2;2*3-2(4,5)1(6)7/h3-8,15-16,28H,9-14H2,1-2H3,(H3,26,27);2*(H,6,7). The molecule has 6 N–H and O–H groups in total. The van der Waals surface area contributed by atoms with Crippen LogP contribution in [0.2, 0.25) is 0 Å². The molecule has 11 nitrogen and oxygen atoms in total. The van der Waals surface area contributed by atoms with Crippen LogP contribution in [-0.2, 0) is 24.2 Å². The molecule has 0 saturated carbocycles. The van der Waals surface area contributed by atoms with E-state index in [0.717, 1.165) is 49.5 Å². The van der Waals surface area contributed by atoms with E-state index in [4.69, 9.17) is 35.7 Å². The quantitative estimate of drug-likeness (QED) is 0.0796. The van der Waals surface area contributed by atoms with Crippen LogP contribution in [-0.4, -0.2) is 99.3 Å². The number of benzene rings is 2. The average Bonchev–Trinajstić information content (AvgIpc) is 3.48. The van der Waals surface area contributed by atoms with Crippen molar-refractivity contribution >= 4 is 56.4 Å². The van der Waals surface area contributed by atoms with Crippen molar-refractivity contribution in [3.63, 3.8) is 0 Å². The predicted molar refractivity (Wildman–Crippen MR) is 172 cm³/mol. The van der Waals surface area contributed by atoms with Gasteiger partial charge in [-0.3, -0.25) is 10.3 Å². The Morgan fingerprint density at radius 2 is 1.55 bits per heavy atom. The number of hydrogen-bond donors (Lipinski definition) is 5. The highest BCUT2D eigenvalue weighted by Gasteiger charge is 2.39. The summed E-state index contributed by atoms with van der Waals surface area (Å²) in [6, 6.07) is 15.0. The summed E-state index contributed by atoms with van der Waals surface area (Å²) in [6.45, 7) is 6.62. The van der Waals surface area contributed by atoms with Crippen LogP contribution in [0.3, 0.4) is 0 Å². The first-order valence-electron chi connectivity index (χ1n) is 13.8. The predicted octanol–water partition coefficient (Wildman–Crippen LogP) is 5.57. The van der Waals surface area contributed by atoms with Gasteiger partial charge in [-0.1, -0.05) is 30.3 Å². The molecule has 0 aliphatic carbocycles. The van der Waals surface area contributed by atoms with E-state index in [1.807, 2.05) is 49.6 Å². The van der Waals surface area contributed by atoms with E-state index < -0.39 is 34.1 Å². The number of sulfone groups is 1. The zero-order valence-corrected chi connectivity index (χ0v) is 28.3. The van der Waals surface area contributed by atoms with Crippen molar-refractivity contribution in [1.82, 2.24) is 4.90 Å². The molecule has 270 valence electrons. The second kappa shape index (κ2) is 17.7. The van der Waals surface area contributed by atoms with Crippen LogP contribution in [0.1, 0.15) is 10.4 Å². The van der Waals surface area contributed by atoms with Gasteiger partial charge in [-0.05, 0) is 48.1 Å². The Balaban J connectivity index is 0.000000500. The fraction of sp³-hybridized carbons (Fsp3) is 0.345. The van der Waals surface area contributed by atoms with Gasteiger partial charge >= 0.3 is 24.3 Å². The number of alkyl halides is 6. The average molecular weight is 759 g/mol. The van der Waals surface area contributed by atoms with Crippen molar-refractivity contribution in [2.75, 3.05) is 51.0 Å². The SMILES string of the molecule is CSc1sc(C(=N)N)cc1S(=O)(=O)c1cc(-c2ccccc2C)ccc1NCCN1CCOCC1.O=C(O)C(F)(F)F.O=C(O)C(F)(F)F. The van der Waals surface area contributed by atoms with E-state index in [9.17, 15) is 34.8 Å². The fourth-order valence-electron chi connectivity index (χ4n) is 4.07. The van der Waals surface area contributed by atoms with Gasteiger partial charge in [0.25, 0.3) is 0 Å². The van der Waals surface area contributed by atoms with Crippen molar-refractivity contribution in [3.05, 3.63) is 59.0 Å². The molecule has 0 amide bonds. The number of rotatable bonds is 9. The number of nitrogen functional groups attached to an aromatic ring is 1. The molecular formula is C29H32F6N4O7S3. The summed E-state index contributed by atoms with van der Waals surface area (Å²) >= 11 is 2.58. The number of aliphatic carboxylic acids is 2. The van der Waals surface area contributed by atoms with Crippen LogP contribution >= 0.6 is 23.1 Å². The molecule has 1 aromatic heterocycles. The second-order valence-corrected chi connectivity index (χ2v) is 13.9. The number of amidine groups is 1. The van der Waals surface area contributed by atoms with Crippen LogP contribution in [0.15, 0.2) is 62.5 Å². The van der Waals surface area contributed by atoms with Crippen LogP contribution in [0.4, 0.5) is 32.0 Å². The topological polar surface area (TPSA) is 183 Å². The maximum Gasteiger partial charge on any atom is 0.490 e. The lowest BCUT2D eigenvalue weighted by molar-refractivity contribution is -0.193. The third-order valence-corrected chi connectivity index (χ3v) is 10.8. The highest BCUT2D eigenvalue weighted by Crippen LogP contribution is 2.40. The first-order chi connectivity index (χ1) is 22.7. The van der Waals surface area contributed by atoms with Gasteiger partial charge in [0.05, 0.1) is 37.8 Å². The molecule has 0 spiro atoms. The number of thioether (sulfide) groups is 1. The molecule has 3 aromatic rings.